The van der Waals surface area contributed by atoms with Crippen molar-refractivity contribution >= 4 is 17.3 Å². The number of hydrogen-bond acceptors (Lipinski definition) is 7. The van der Waals surface area contributed by atoms with Crippen molar-refractivity contribution in [2.75, 3.05) is 13.2 Å². The number of carbonyl (C=O) groups excluding carboxylic acids is 1. The summed E-state index contributed by atoms with van der Waals surface area (Å²) in [5.41, 5.74) is 1.28. The Balaban J connectivity index is 1.33. The van der Waals surface area contributed by atoms with Gasteiger partial charge in [-0.15, -0.1) is 5.11 Å². The highest BCUT2D eigenvalue weighted by Crippen LogP contribution is 2.32. The van der Waals surface area contributed by atoms with Crippen molar-refractivity contribution in [2.24, 2.45) is 10.2 Å². The van der Waals surface area contributed by atoms with Gasteiger partial charge in [-0.25, -0.2) is 4.79 Å². The number of benzene rings is 3. The van der Waals surface area contributed by atoms with Crippen molar-refractivity contribution in [1.29, 1.82) is 0 Å². The highest BCUT2D eigenvalue weighted by molar-refractivity contribution is 5.91. The summed E-state index contributed by atoms with van der Waals surface area (Å²) in [6.07, 6.45) is 15.7. The molecular weight excluding hydrogens is 528 g/mol. The van der Waals surface area contributed by atoms with E-state index in [-0.39, 0.29) is 17.2 Å². The topological polar surface area (TPSA) is 89.7 Å². The molecule has 0 bridgehead atoms. The fraction of sp³-hybridized carbons (Fsp3) is 0.457. The zero-order chi connectivity index (χ0) is 29.8. The number of rotatable bonds is 20. The van der Waals surface area contributed by atoms with E-state index in [2.05, 4.69) is 17.2 Å². The lowest BCUT2D eigenvalue weighted by Crippen LogP contribution is -2.08. The van der Waals surface area contributed by atoms with E-state index < -0.39 is 5.97 Å². The summed E-state index contributed by atoms with van der Waals surface area (Å²) >= 11 is 0. The summed E-state index contributed by atoms with van der Waals surface area (Å²) in [7, 11) is 0. The van der Waals surface area contributed by atoms with Gasteiger partial charge in [0.15, 0.2) is 0 Å². The summed E-state index contributed by atoms with van der Waals surface area (Å²) < 4.78 is 16.7. The number of nitrogens with zero attached hydrogens (tertiary/aromatic N) is 2. The molecule has 7 nitrogen and oxygen atoms in total. The second kappa shape index (κ2) is 19.3. The highest BCUT2D eigenvalue weighted by Gasteiger charge is 2.11. The molecule has 0 heterocycles. The van der Waals surface area contributed by atoms with E-state index in [0.29, 0.717) is 24.5 Å². The van der Waals surface area contributed by atoms with Gasteiger partial charge in [-0.3, -0.25) is 0 Å². The lowest BCUT2D eigenvalue weighted by atomic mass is 10.1. The molecule has 0 spiro atoms. The largest absolute Gasteiger partial charge is 0.505 e. The first-order chi connectivity index (χ1) is 20.6. The lowest BCUT2D eigenvalue weighted by Gasteiger charge is -2.08. The Bertz CT molecular complexity index is 1210. The first-order valence-corrected chi connectivity index (χ1v) is 15.5. The molecule has 3 rings (SSSR count). The number of unbranched alkanes of at least 4 members (excludes halogenated alkanes) is 11. The number of phenolic OH excluding ortho intramolecular Hbond substituents is 1. The molecule has 0 atom stereocenters. The van der Waals surface area contributed by atoms with Crippen molar-refractivity contribution in [3.63, 3.8) is 0 Å². The van der Waals surface area contributed by atoms with Crippen molar-refractivity contribution in [3.05, 3.63) is 72.3 Å². The van der Waals surface area contributed by atoms with Crippen LogP contribution in [0.5, 0.6) is 23.0 Å². The van der Waals surface area contributed by atoms with Crippen LogP contribution in [-0.2, 0) is 0 Å². The van der Waals surface area contributed by atoms with Crippen LogP contribution in [-0.4, -0.2) is 24.3 Å². The molecule has 0 saturated heterocycles. The van der Waals surface area contributed by atoms with Crippen molar-refractivity contribution in [3.8, 4) is 23.0 Å². The maximum absolute atomic E-state index is 12.6. The Labute approximate surface area is 250 Å². The minimum absolute atomic E-state index is 0.142. The average Bonchev–Trinajstić information content (AvgIpc) is 3.00. The number of hydrogen-bond donors (Lipinski definition) is 1. The molecule has 3 aromatic carbocycles. The Hall–Kier alpha value is -3.87. The number of esters is 1. The molecule has 42 heavy (non-hydrogen) atoms. The first-order valence-electron chi connectivity index (χ1n) is 15.5. The van der Waals surface area contributed by atoms with E-state index in [1.165, 1.54) is 76.7 Å². The van der Waals surface area contributed by atoms with E-state index in [1.807, 2.05) is 6.92 Å². The van der Waals surface area contributed by atoms with Crippen molar-refractivity contribution in [1.82, 2.24) is 0 Å². The monoisotopic (exact) mass is 574 g/mol. The van der Waals surface area contributed by atoms with Crippen LogP contribution >= 0.6 is 0 Å². The third-order valence-electron chi connectivity index (χ3n) is 6.93. The van der Waals surface area contributed by atoms with Crippen molar-refractivity contribution < 1.29 is 24.1 Å². The molecule has 0 aromatic heterocycles. The minimum atomic E-state index is -0.523. The van der Waals surface area contributed by atoms with Gasteiger partial charge in [-0.2, -0.15) is 5.11 Å². The molecule has 3 aromatic rings. The minimum Gasteiger partial charge on any atom is -0.505 e. The van der Waals surface area contributed by atoms with Gasteiger partial charge in [-0.05, 0) is 74.0 Å². The Kier molecular flexibility index (Phi) is 15.0. The standard InChI is InChI=1S/C35H46N2O5/c1-3-5-6-7-8-9-10-11-12-13-14-15-26-41-31-20-16-28(17-21-31)35(39)42-32-24-25-33(34(38)27-32)37-36-29-18-22-30(23-19-29)40-4-2/h16-25,27,38H,3-15,26H2,1-2H3. The summed E-state index contributed by atoms with van der Waals surface area (Å²) in [6, 6.07) is 18.5. The number of phenols is 1. The van der Waals surface area contributed by atoms with Crippen LogP contribution in [0.25, 0.3) is 0 Å². The van der Waals surface area contributed by atoms with E-state index in [4.69, 9.17) is 14.2 Å². The maximum Gasteiger partial charge on any atom is 0.343 e. The quantitative estimate of drug-likeness (QED) is 0.0627. The summed E-state index contributed by atoms with van der Waals surface area (Å²) in [4.78, 5) is 12.6. The third kappa shape index (κ3) is 12.3. The van der Waals surface area contributed by atoms with Gasteiger partial charge < -0.3 is 19.3 Å². The zero-order valence-electron chi connectivity index (χ0n) is 25.2. The number of azo groups is 1. The molecule has 0 aliphatic carbocycles. The second-order valence-corrected chi connectivity index (χ2v) is 10.4. The van der Waals surface area contributed by atoms with Gasteiger partial charge in [-0.1, -0.05) is 77.6 Å². The predicted molar refractivity (Wildman–Crippen MR) is 168 cm³/mol. The third-order valence-corrected chi connectivity index (χ3v) is 6.93. The first kappa shape index (κ1) is 32.6. The highest BCUT2D eigenvalue weighted by atomic mass is 16.5. The molecule has 0 aliphatic rings. The number of ether oxygens (including phenoxy) is 3. The lowest BCUT2D eigenvalue weighted by molar-refractivity contribution is 0.0734. The Morgan fingerprint density at radius 1 is 0.643 bits per heavy atom. The van der Waals surface area contributed by atoms with Crippen LogP contribution in [0.3, 0.4) is 0 Å². The molecule has 0 amide bonds. The van der Waals surface area contributed by atoms with Gasteiger partial charge in [0.1, 0.15) is 28.7 Å². The molecule has 0 radical (unpaired) electrons. The van der Waals surface area contributed by atoms with E-state index in [1.54, 1.807) is 60.7 Å². The summed E-state index contributed by atoms with van der Waals surface area (Å²) in [5.74, 6) is 1.03. The van der Waals surface area contributed by atoms with E-state index in [9.17, 15) is 9.90 Å². The smallest absolute Gasteiger partial charge is 0.343 e. The SMILES string of the molecule is CCCCCCCCCCCCCCOc1ccc(C(=O)Oc2ccc(N=Nc3ccc(OCC)cc3)c(O)c2)cc1. The van der Waals surface area contributed by atoms with Gasteiger partial charge in [0.25, 0.3) is 0 Å². The van der Waals surface area contributed by atoms with Crippen LogP contribution in [0.2, 0.25) is 0 Å². The Morgan fingerprint density at radius 2 is 1.19 bits per heavy atom. The Morgan fingerprint density at radius 3 is 1.79 bits per heavy atom. The molecule has 0 unspecified atom stereocenters. The van der Waals surface area contributed by atoms with Gasteiger partial charge in [0.05, 0.1) is 24.5 Å². The molecule has 0 aliphatic heterocycles. The zero-order valence-corrected chi connectivity index (χ0v) is 25.2. The second-order valence-electron chi connectivity index (χ2n) is 10.4. The summed E-state index contributed by atoms with van der Waals surface area (Å²) in [6.45, 7) is 5.44. The van der Waals surface area contributed by atoms with Crippen LogP contribution in [0.1, 0.15) is 101 Å². The number of aromatic hydroxyl groups is 1. The van der Waals surface area contributed by atoms with Crippen LogP contribution in [0, 0.1) is 0 Å². The molecule has 1 N–H and O–H groups in total. The van der Waals surface area contributed by atoms with Crippen LogP contribution < -0.4 is 14.2 Å². The fourth-order valence-electron chi connectivity index (χ4n) is 4.52. The normalized spacial score (nSPS) is 11.1. The van der Waals surface area contributed by atoms with Gasteiger partial charge in [0, 0.05) is 6.07 Å². The van der Waals surface area contributed by atoms with Crippen LogP contribution in [0.15, 0.2) is 77.0 Å². The molecular formula is C35H46N2O5. The van der Waals surface area contributed by atoms with Crippen LogP contribution in [0.4, 0.5) is 11.4 Å². The number of carbonyl (C=O) groups is 1. The molecule has 226 valence electrons. The fourth-order valence-corrected chi connectivity index (χ4v) is 4.52. The predicted octanol–water partition coefficient (Wildman–Crippen LogP) is 10.5. The van der Waals surface area contributed by atoms with E-state index >= 15 is 0 Å². The molecule has 0 fully saturated rings. The molecule has 0 saturated carbocycles. The summed E-state index contributed by atoms with van der Waals surface area (Å²) in [5, 5.41) is 18.6. The van der Waals surface area contributed by atoms with Gasteiger partial charge in [0.2, 0.25) is 0 Å². The van der Waals surface area contributed by atoms with Gasteiger partial charge >= 0.3 is 5.97 Å². The van der Waals surface area contributed by atoms with E-state index in [0.717, 1.165) is 17.9 Å². The average molecular weight is 575 g/mol. The van der Waals surface area contributed by atoms with Crippen molar-refractivity contribution in [2.45, 2.75) is 90.9 Å². The molecule has 7 heteroatoms. The maximum atomic E-state index is 12.6.